The van der Waals surface area contributed by atoms with Crippen LogP contribution < -0.4 is 14.8 Å². The van der Waals surface area contributed by atoms with Crippen LogP contribution in [0.15, 0.2) is 30.3 Å². The highest BCUT2D eigenvalue weighted by Gasteiger charge is 2.27. The van der Waals surface area contributed by atoms with Crippen LogP contribution in [-0.2, 0) is 11.2 Å². The van der Waals surface area contributed by atoms with Crippen molar-refractivity contribution in [3.63, 3.8) is 0 Å². The van der Waals surface area contributed by atoms with Gasteiger partial charge in [0.15, 0.2) is 0 Å². The van der Waals surface area contributed by atoms with Gasteiger partial charge in [0, 0.05) is 13.0 Å². The summed E-state index contributed by atoms with van der Waals surface area (Å²) in [6.07, 6.45) is 6.96. The van der Waals surface area contributed by atoms with Gasteiger partial charge in [0.2, 0.25) is 5.91 Å². The molecule has 6 heteroatoms. The highest BCUT2D eigenvalue weighted by molar-refractivity contribution is 5.76. The fourth-order valence-corrected chi connectivity index (χ4v) is 6.01. The van der Waals surface area contributed by atoms with E-state index < -0.39 is 6.10 Å². The standard InChI is InChI=1S/C32H46N2O4/c1-22(27-18-23(2)32(37-4)24(3)19-27)10-5-6-12-30(35)33-28(21-34-15-7-8-16-34)31(36)26-14-13-25-11-9-17-38-29(25)20-26/h13-14,18-20,22,28,31,36H,5-12,15-17,21H2,1-4H3,(H,33,35)/t22?,28-,31-/m1/s1. The molecule has 0 radical (unpaired) electrons. The molecular weight excluding hydrogens is 476 g/mol. The maximum atomic E-state index is 13.0. The van der Waals surface area contributed by atoms with Crippen molar-refractivity contribution in [3.05, 3.63) is 58.1 Å². The molecule has 2 aromatic carbocycles. The summed E-state index contributed by atoms with van der Waals surface area (Å²) < 4.78 is 11.3. The topological polar surface area (TPSA) is 71.0 Å². The van der Waals surface area contributed by atoms with Crippen molar-refractivity contribution in [3.8, 4) is 11.5 Å². The number of aryl methyl sites for hydroxylation is 3. The molecule has 2 aliphatic rings. The summed E-state index contributed by atoms with van der Waals surface area (Å²) in [5.41, 5.74) is 5.67. The minimum Gasteiger partial charge on any atom is -0.496 e. The first-order chi connectivity index (χ1) is 18.4. The second kappa shape index (κ2) is 13.5. The Hall–Kier alpha value is -2.57. The predicted octanol–water partition coefficient (Wildman–Crippen LogP) is 5.62. The van der Waals surface area contributed by atoms with Gasteiger partial charge in [0.1, 0.15) is 17.6 Å². The van der Waals surface area contributed by atoms with Crippen molar-refractivity contribution < 1.29 is 19.4 Å². The smallest absolute Gasteiger partial charge is 0.220 e. The number of aliphatic hydroxyl groups excluding tert-OH is 1. The highest BCUT2D eigenvalue weighted by Crippen LogP contribution is 2.31. The fraction of sp³-hybridized carbons (Fsp3) is 0.594. The summed E-state index contributed by atoms with van der Waals surface area (Å²) in [6, 6.07) is 10.1. The Morgan fingerprint density at radius 3 is 2.53 bits per heavy atom. The number of likely N-dealkylation sites (tertiary alicyclic amines) is 1. The number of hydrogen-bond acceptors (Lipinski definition) is 5. The van der Waals surface area contributed by atoms with Crippen LogP contribution in [0.1, 0.15) is 91.7 Å². The van der Waals surface area contributed by atoms with E-state index >= 15 is 0 Å². The third-order valence-corrected chi connectivity index (χ3v) is 8.21. The molecule has 2 aromatic rings. The Morgan fingerprint density at radius 1 is 1.08 bits per heavy atom. The molecule has 4 rings (SSSR count). The van der Waals surface area contributed by atoms with Gasteiger partial charge >= 0.3 is 0 Å². The average molecular weight is 523 g/mol. The third kappa shape index (κ3) is 7.29. The quantitative estimate of drug-likeness (QED) is 0.354. The number of carbonyl (C=O) groups excluding carboxylic acids is 1. The first-order valence-electron chi connectivity index (χ1n) is 14.5. The van der Waals surface area contributed by atoms with Gasteiger partial charge in [0.25, 0.3) is 0 Å². The Kier molecular flexibility index (Phi) is 10.1. The number of carbonyl (C=O) groups is 1. The van der Waals surface area contributed by atoms with Gasteiger partial charge in [-0.1, -0.05) is 37.6 Å². The Balaban J connectivity index is 1.31. The van der Waals surface area contributed by atoms with Gasteiger partial charge < -0.3 is 24.8 Å². The minimum absolute atomic E-state index is 0.0197. The minimum atomic E-state index is -0.767. The van der Waals surface area contributed by atoms with Crippen LogP contribution in [0, 0.1) is 13.8 Å². The molecule has 0 bridgehead atoms. The first-order valence-corrected chi connectivity index (χ1v) is 14.5. The number of hydrogen-bond donors (Lipinski definition) is 2. The van der Waals surface area contributed by atoms with Crippen molar-refractivity contribution in [2.75, 3.05) is 33.4 Å². The molecule has 2 N–H and O–H groups in total. The molecule has 1 amide bonds. The molecule has 38 heavy (non-hydrogen) atoms. The van der Waals surface area contributed by atoms with Crippen LogP contribution in [-0.4, -0.2) is 55.3 Å². The van der Waals surface area contributed by atoms with Crippen LogP contribution >= 0.6 is 0 Å². The maximum absolute atomic E-state index is 13.0. The summed E-state index contributed by atoms with van der Waals surface area (Å²) in [6.45, 7) is 9.87. The predicted molar refractivity (Wildman–Crippen MR) is 152 cm³/mol. The molecule has 1 saturated heterocycles. The lowest BCUT2D eigenvalue weighted by molar-refractivity contribution is -0.123. The van der Waals surface area contributed by atoms with E-state index in [4.69, 9.17) is 9.47 Å². The zero-order valence-electron chi connectivity index (χ0n) is 23.7. The summed E-state index contributed by atoms with van der Waals surface area (Å²) in [5, 5.41) is 14.5. The van der Waals surface area contributed by atoms with Crippen LogP contribution in [0.3, 0.4) is 0 Å². The summed E-state index contributed by atoms with van der Waals surface area (Å²) >= 11 is 0. The monoisotopic (exact) mass is 522 g/mol. The van der Waals surface area contributed by atoms with Crippen LogP contribution in [0.4, 0.5) is 0 Å². The zero-order valence-corrected chi connectivity index (χ0v) is 23.7. The lowest BCUT2D eigenvalue weighted by Gasteiger charge is -2.29. The number of amides is 1. The summed E-state index contributed by atoms with van der Waals surface area (Å²) in [4.78, 5) is 15.3. The number of fused-ring (bicyclic) bond motifs is 1. The SMILES string of the molecule is COc1c(C)cc(C(C)CCCCC(=O)N[C@H](CN2CCCC2)[C@H](O)c2ccc3c(c2)OCCC3)cc1C. The van der Waals surface area contributed by atoms with Gasteiger partial charge in [-0.2, -0.15) is 0 Å². The second-order valence-electron chi connectivity index (χ2n) is 11.3. The van der Waals surface area contributed by atoms with Gasteiger partial charge in [-0.05, 0) is 105 Å². The van der Waals surface area contributed by atoms with E-state index in [9.17, 15) is 9.90 Å². The first kappa shape index (κ1) is 28.4. The number of methoxy groups -OCH3 is 1. The van der Waals surface area contributed by atoms with Crippen molar-refractivity contribution in [2.24, 2.45) is 0 Å². The molecule has 208 valence electrons. The van der Waals surface area contributed by atoms with Crippen LogP contribution in [0.5, 0.6) is 11.5 Å². The van der Waals surface area contributed by atoms with Gasteiger partial charge in [-0.15, -0.1) is 0 Å². The third-order valence-electron chi connectivity index (χ3n) is 8.21. The molecule has 1 unspecified atom stereocenters. The molecule has 0 saturated carbocycles. The summed E-state index contributed by atoms with van der Waals surface area (Å²) in [7, 11) is 1.72. The molecule has 0 aliphatic carbocycles. The van der Waals surface area contributed by atoms with Crippen molar-refractivity contribution in [1.29, 1.82) is 0 Å². The van der Waals surface area contributed by atoms with Gasteiger partial charge in [-0.3, -0.25) is 4.79 Å². The number of nitrogens with zero attached hydrogens (tertiary/aromatic N) is 1. The van der Waals surface area contributed by atoms with Crippen LogP contribution in [0.25, 0.3) is 0 Å². The molecule has 0 aromatic heterocycles. The Labute approximate surface area is 228 Å². The Bertz CT molecular complexity index is 1060. The largest absolute Gasteiger partial charge is 0.496 e. The van der Waals surface area contributed by atoms with E-state index in [1.807, 2.05) is 12.1 Å². The fourth-order valence-electron chi connectivity index (χ4n) is 6.01. The lowest BCUT2D eigenvalue weighted by atomic mass is 9.92. The van der Waals surface area contributed by atoms with E-state index in [1.54, 1.807) is 7.11 Å². The molecule has 3 atom stereocenters. The van der Waals surface area contributed by atoms with Gasteiger partial charge in [0.05, 0.1) is 19.8 Å². The van der Waals surface area contributed by atoms with E-state index in [1.165, 1.54) is 35.1 Å². The molecule has 2 heterocycles. The number of aliphatic hydroxyl groups is 1. The van der Waals surface area contributed by atoms with Crippen molar-refractivity contribution >= 4 is 5.91 Å². The average Bonchev–Trinajstić information content (AvgIpc) is 3.43. The van der Waals surface area contributed by atoms with Crippen molar-refractivity contribution in [1.82, 2.24) is 10.2 Å². The number of rotatable bonds is 12. The molecule has 1 fully saturated rings. The normalized spacial score (nSPS) is 17.8. The van der Waals surface area contributed by atoms with Gasteiger partial charge in [-0.25, -0.2) is 0 Å². The number of nitrogens with one attached hydrogen (secondary N) is 1. The molecule has 6 nitrogen and oxygen atoms in total. The molecule has 2 aliphatic heterocycles. The zero-order chi connectivity index (χ0) is 27.1. The van der Waals surface area contributed by atoms with E-state index in [2.05, 4.69) is 49.2 Å². The van der Waals surface area contributed by atoms with Crippen LogP contribution in [0.2, 0.25) is 0 Å². The maximum Gasteiger partial charge on any atom is 0.220 e. The molecule has 0 spiro atoms. The van der Waals surface area contributed by atoms with E-state index in [-0.39, 0.29) is 11.9 Å². The summed E-state index contributed by atoms with van der Waals surface area (Å²) in [5.74, 6) is 2.28. The number of benzene rings is 2. The lowest BCUT2D eigenvalue weighted by Crippen LogP contribution is -2.46. The number of unbranched alkanes of at least 4 members (excludes halogenated alkanes) is 1. The van der Waals surface area contributed by atoms with E-state index in [0.29, 0.717) is 18.9 Å². The van der Waals surface area contributed by atoms with Crippen molar-refractivity contribution in [2.45, 2.75) is 90.2 Å². The molecular formula is C32H46N2O4. The highest BCUT2D eigenvalue weighted by atomic mass is 16.5. The number of ether oxygens (including phenoxy) is 2. The Morgan fingerprint density at radius 2 is 1.82 bits per heavy atom. The second-order valence-corrected chi connectivity index (χ2v) is 11.3. The van der Waals surface area contributed by atoms with E-state index in [0.717, 1.165) is 68.9 Å².